The lowest BCUT2D eigenvalue weighted by molar-refractivity contribution is 0.692. The van der Waals surface area contributed by atoms with Gasteiger partial charge in [-0.05, 0) is 42.0 Å². The smallest absolute Gasteiger partial charge is 0.0837 e. The van der Waals surface area contributed by atoms with E-state index in [4.69, 9.17) is 34.8 Å². The van der Waals surface area contributed by atoms with Crippen LogP contribution in [-0.2, 0) is 6.42 Å². The van der Waals surface area contributed by atoms with Gasteiger partial charge in [0, 0.05) is 0 Å². The van der Waals surface area contributed by atoms with E-state index in [9.17, 15) is 0 Å². The maximum Gasteiger partial charge on any atom is 0.190 e. The average Bonchev–Trinajstić information content (AvgIpc) is 2.33. The SMILES string of the molecule is ClC(Cl)(Cl)CCCCc1cccc2ccccc12. The van der Waals surface area contributed by atoms with Crippen molar-refractivity contribution in [2.75, 3.05) is 0 Å². The Labute approximate surface area is 123 Å². The number of unbranched alkanes of at least 4 members (excludes halogenated alkanes) is 1. The van der Waals surface area contributed by atoms with Gasteiger partial charge in [-0.25, -0.2) is 0 Å². The summed E-state index contributed by atoms with van der Waals surface area (Å²) in [4.78, 5) is 0. The van der Waals surface area contributed by atoms with Crippen LogP contribution in [0.5, 0.6) is 0 Å². The van der Waals surface area contributed by atoms with Crippen molar-refractivity contribution < 1.29 is 0 Å². The summed E-state index contributed by atoms with van der Waals surface area (Å²) in [5.41, 5.74) is 1.37. The van der Waals surface area contributed by atoms with Gasteiger partial charge in [-0.2, -0.15) is 0 Å². The molecule has 3 heteroatoms. The van der Waals surface area contributed by atoms with Crippen LogP contribution in [0.15, 0.2) is 42.5 Å². The zero-order chi connectivity index (χ0) is 13.0. The van der Waals surface area contributed by atoms with Gasteiger partial charge in [-0.15, -0.1) is 0 Å². The highest BCUT2D eigenvalue weighted by molar-refractivity contribution is 6.67. The molecule has 0 atom stereocenters. The summed E-state index contributed by atoms with van der Waals surface area (Å²) in [6.07, 6.45) is 3.62. The normalized spacial score (nSPS) is 11.9. The molecule has 0 heterocycles. The number of alkyl halides is 3. The molecule has 0 fully saturated rings. The van der Waals surface area contributed by atoms with Gasteiger partial charge < -0.3 is 0 Å². The Kier molecular flexibility index (Phi) is 4.77. The number of hydrogen-bond acceptors (Lipinski definition) is 0. The summed E-state index contributed by atoms with van der Waals surface area (Å²) >= 11 is 17.2. The van der Waals surface area contributed by atoms with Crippen molar-refractivity contribution in [3.05, 3.63) is 48.0 Å². The summed E-state index contributed by atoms with van der Waals surface area (Å²) in [6.45, 7) is 0. The number of halogens is 3. The van der Waals surface area contributed by atoms with Crippen LogP contribution in [0.4, 0.5) is 0 Å². The zero-order valence-corrected chi connectivity index (χ0v) is 12.3. The van der Waals surface area contributed by atoms with Gasteiger partial charge in [0.25, 0.3) is 0 Å². The van der Waals surface area contributed by atoms with Crippen LogP contribution >= 0.6 is 34.8 Å². The van der Waals surface area contributed by atoms with E-state index in [2.05, 4.69) is 42.5 Å². The molecule has 2 rings (SSSR count). The van der Waals surface area contributed by atoms with Gasteiger partial charge in [0.2, 0.25) is 0 Å². The number of rotatable bonds is 4. The molecule has 0 aliphatic rings. The van der Waals surface area contributed by atoms with Gasteiger partial charge in [0.1, 0.15) is 0 Å². The third-order valence-electron chi connectivity index (χ3n) is 3.04. The van der Waals surface area contributed by atoms with E-state index < -0.39 is 3.79 Å². The van der Waals surface area contributed by atoms with Crippen LogP contribution in [0.25, 0.3) is 10.8 Å². The maximum atomic E-state index is 5.74. The standard InChI is InChI=1S/C15H15Cl3/c16-15(17,18)11-4-3-7-13-9-5-8-12-6-1-2-10-14(12)13/h1-2,5-6,8-10H,3-4,7,11H2. The van der Waals surface area contributed by atoms with Crippen LogP contribution in [-0.4, -0.2) is 3.79 Å². The van der Waals surface area contributed by atoms with E-state index in [0.29, 0.717) is 6.42 Å². The molecule has 2 aromatic rings. The first-order valence-electron chi connectivity index (χ1n) is 6.10. The Balaban J connectivity index is 2.00. The quantitative estimate of drug-likeness (QED) is 0.485. The van der Waals surface area contributed by atoms with E-state index in [-0.39, 0.29) is 0 Å². The summed E-state index contributed by atoms with van der Waals surface area (Å²) in [7, 11) is 0. The molecule has 0 aliphatic carbocycles. The molecule has 0 amide bonds. The molecule has 2 aromatic carbocycles. The van der Waals surface area contributed by atoms with E-state index in [1.54, 1.807) is 0 Å². The molecule has 0 N–H and O–H groups in total. The summed E-state index contributed by atoms with van der Waals surface area (Å²) in [5, 5.41) is 2.62. The first-order chi connectivity index (χ1) is 8.56. The lowest BCUT2D eigenvalue weighted by Gasteiger charge is -2.10. The minimum absolute atomic E-state index is 0.614. The van der Waals surface area contributed by atoms with Gasteiger partial charge in [-0.3, -0.25) is 0 Å². The zero-order valence-electron chi connectivity index (χ0n) is 10.0. The Morgan fingerprint density at radius 1 is 0.833 bits per heavy atom. The number of aryl methyl sites for hydroxylation is 1. The second-order valence-corrected chi connectivity index (χ2v) is 6.98. The predicted octanol–water partition coefficient (Wildman–Crippen LogP) is 5.92. The molecular weight excluding hydrogens is 287 g/mol. The Bertz CT molecular complexity index is 509. The largest absolute Gasteiger partial charge is 0.190 e. The van der Waals surface area contributed by atoms with Gasteiger partial charge in [-0.1, -0.05) is 77.3 Å². The number of benzene rings is 2. The van der Waals surface area contributed by atoms with E-state index in [1.165, 1.54) is 16.3 Å². The molecule has 0 saturated heterocycles. The molecule has 18 heavy (non-hydrogen) atoms. The molecular formula is C15H15Cl3. The third kappa shape index (κ3) is 4.05. The molecule has 0 bridgehead atoms. The lowest BCUT2D eigenvalue weighted by Crippen LogP contribution is -2.01. The lowest BCUT2D eigenvalue weighted by atomic mass is 10.00. The van der Waals surface area contributed by atoms with Crippen molar-refractivity contribution in [3.8, 4) is 0 Å². The van der Waals surface area contributed by atoms with Gasteiger partial charge in [0.15, 0.2) is 3.79 Å². The van der Waals surface area contributed by atoms with Crippen LogP contribution in [0.2, 0.25) is 0 Å². The fourth-order valence-electron chi connectivity index (χ4n) is 2.15. The molecule has 0 aromatic heterocycles. The monoisotopic (exact) mass is 300 g/mol. The molecule has 0 unspecified atom stereocenters. The van der Waals surface area contributed by atoms with Gasteiger partial charge in [0.05, 0.1) is 0 Å². The fourth-order valence-corrected chi connectivity index (χ4v) is 2.55. The fraction of sp³-hybridized carbons (Fsp3) is 0.333. The molecule has 96 valence electrons. The van der Waals surface area contributed by atoms with E-state index in [0.717, 1.165) is 19.3 Å². The summed E-state index contributed by atoms with van der Waals surface area (Å²) in [6, 6.07) is 14.9. The molecule has 0 radical (unpaired) electrons. The first-order valence-corrected chi connectivity index (χ1v) is 7.23. The van der Waals surface area contributed by atoms with E-state index >= 15 is 0 Å². The summed E-state index contributed by atoms with van der Waals surface area (Å²) in [5.74, 6) is 0. The van der Waals surface area contributed by atoms with E-state index in [1.807, 2.05) is 0 Å². The van der Waals surface area contributed by atoms with Crippen molar-refractivity contribution >= 4 is 45.6 Å². The van der Waals surface area contributed by atoms with Crippen molar-refractivity contribution in [2.45, 2.75) is 29.5 Å². The molecule has 0 nitrogen and oxygen atoms in total. The van der Waals surface area contributed by atoms with Crippen molar-refractivity contribution in [1.82, 2.24) is 0 Å². The highest BCUT2D eigenvalue weighted by Crippen LogP contribution is 2.32. The van der Waals surface area contributed by atoms with Crippen LogP contribution in [0, 0.1) is 0 Å². The highest BCUT2D eigenvalue weighted by Gasteiger charge is 2.18. The second kappa shape index (κ2) is 6.14. The second-order valence-electron chi connectivity index (χ2n) is 4.46. The van der Waals surface area contributed by atoms with Crippen molar-refractivity contribution in [1.29, 1.82) is 0 Å². The molecule has 0 saturated carbocycles. The van der Waals surface area contributed by atoms with Crippen molar-refractivity contribution in [3.63, 3.8) is 0 Å². The minimum Gasteiger partial charge on any atom is -0.0837 e. The molecule has 0 aliphatic heterocycles. The minimum atomic E-state index is -1.11. The van der Waals surface area contributed by atoms with Crippen LogP contribution < -0.4 is 0 Å². The first kappa shape index (κ1) is 14.0. The van der Waals surface area contributed by atoms with Crippen LogP contribution in [0.3, 0.4) is 0 Å². The number of hydrogen-bond donors (Lipinski definition) is 0. The Hall–Kier alpha value is -0.430. The summed E-state index contributed by atoms with van der Waals surface area (Å²) < 4.78 is -1.11. The predicted molar refractivity (Wildman–Crippen MR) is 81.8 cm³/mol. The topological polar surface area (TPSA) is 0 Å². The number of fused-ring (bicyclic) bond motifs is 1. The Morgan fingerprint density at radius 2 is 1.56 bits per heavy atom. The van der Waals surface area contributed by atoms with Gasteiger partial charge >= 0.3 is 0 Å². The van der Waals surface area contributed by atoms with Crippen molar-refractivity contribution in [2.24, 2.45) is 0 Å². The Morgan fingerprint density at radius 3 is 2.33 bits per heavy atom. The third-order valence-corrected chi connectivity index (χ3v) is 3.60. The maximum absolute atomic E-state index is 5.74. The van der Waals surface area contributed by atoms with Crippen LogP contribution in [0.1, 0.15) is 24.8 Å². The molecule has 0 spiro atoms. The highest BCUT2D eigenvalue weighted by atomic mass is 35.6. The average molecular weight is 302 g/mol.